The minimum absolute atomic E-state index is 0.346. The molecule has 1 aliphatic rings. The van der Waals surface area contributed by atoms with Gasteiger partial charge in [-0.2, -0.15) is 0 Å². The summed E-state index contributed by atoms with van der Waals surface area (Å²) in [6.45, 7) is 6.60. The maximum Gasteiger partial charge on any atom is 0.357 e. The Morgan fingerprint density at radius 1 is 1.75 bits per heavy atom. The van der Waals surface area contributed by atoms with E-state index >= 15 is 0 Å². The summed E-state index contributed by atoms with van der Waals surface area (Å²) in [6, 6.07) is 0.480. The fraction of sp³-hybridized carbons (Fsp3) is 0.636. The van der Waals surface area contributed by atoms with Gasteiger partial charge in [-0.25, -0.2) is 9.78 Å². The molecule has 2 rings (SSSR count). The van der Waals surface area contributed by atoms with Crippen molar-refractivity contribution in [3.05, 3.63) is 11.1 Å². The predicted molar refractivity (Wildman–Crippen MR) is 63.9 cm³/mol. The fourth-order valence-electron chi connectivity index (χ4n) is 1.50. The molecule has 1 fully saturated rings. The number of rotatable bonds is 4. The summed E-state index contributed by atoms with van der Waals surface area (Å²) in [5.41, 5.74) is 0.753. The predicted octanol–water partition coefficient (Wildman–Crippen LogP) is 2.53. The van der Waals surface area contributed by atoms with E-state index in [1.807, 2.05) is 0 Å². The second-order valence-electron chi connectivity index (χ2n) is 4.65. The number of hydrogen-bond donors (Lipinski definition) is 1. The van der Waals surface area contributed by atoms with E-state index in [1.54, 1.807) is 12.3 Å². The van der Waals surface area contributed by atoms with Crippen LogP contribution in [0.2, 0.25) is 0 Å². The fourth-order valence-corrected chi connectivity index (χ4v) is 2.23. The molecule has 4 nitrogen and oxygen atoms in total. The molecule has 0 spiro atoms. The van der Waals surface area contributed by atoms with Gasteiger partial charge in [-0.05, 0) is 18.8 Å². The van der Waals surface area contributed by atoms with Crippen LogP contribution < -0.4 is 5.32 Å². The van der Waals surface area contributed by atoms with Gasteiger partial charge in [-0.1, -0.05) is 13.8 Å². The Morgan fingerprint density at radius 2 is 2.44 bits per heavy atom. The molecule has 1 unspecified atom stereocenters. The lowest BCUT2D eigenvalue weighted by atomic mass is 10.2. The molecule has 0 bridgehead atoms. The summed E-state index contributed by atoms with van der Waals surface area (Å²) in [7, 11) is 0. The van der Waals surface area contributed by atoms with E-state index in [1.165, 1.54) is 11.3 Å². The SMILES string of the molecule is CCOC(=O)c1csc(NC2CC2(C)C)n1. The minimum Gasteiger partial charge on any atom is -0.461 e. The average Bonchev–Trinajstić information content (AvgIpc) is 2.65. The molecule has 0 aromatic carbocycles. The van der Waals surface area contributed by atoms with Gasteiger partial charge in [0.15, 0.2) is 10.8 Å². The lowest BCUT2D eigenvalue weighted by molar-refractivity contribution is 0.0520. The standard InChI is InChI=1S/C11H16N2O2S/c1-4-15-9(14)7-6-16-10(12-7)13-8-5-11(8,2)3/h6,8H,4-5H2,1-3H3,(H,12,13). The third kappa shape index (κ3) is 2.35. The van der Waals surface area contributed by atoms with Gasteiger partial charge >= 0.3 is 5.97 Å². The van der Waals surface area contributed by atoms with Crippen molar-refractivity contribution in [3.8, 4) is 0 Å². The van der Waals surface area contributed by atoms with Crippen molar-refractivity contribution >= 4 is 22.4 Å². The number of nitrogens with zero attached hydrogens (tertiary/aromatic N) is 1. The molecule has 0 saturated heterocycles. The third-order valence-electron chi connectivity index (χ3n) is 2.80. The molecule has 1 atom stereocenters. The van der Waals surface area contributed by atoms with E-state index in [9.17, 15) is 4.79 Å². The zero-order valence-electron chi connectivity index (χ0n) is 9.74. The van der Waals surface area contributed by atoms with Crippen LogP contribution >= 0.6 is 11.3 Å². The number of carbonyl (C=O) groups is 1. The second-order valence-corrected chi connectivity index (χ2v) is 5.51. The third-order valence-corrected chi connectivity index (χ3v) is 3.57. The summed E-state index contributed by atoms with van der Waals surface area (Å²) < 4.78 is 4.88. The van der Waals surface area contributed by atoms with Crippen LogP contribution in [0.1, 0.15) is 37.7 Å². The van der Waals surface area contributed by atoms with Gasteiger partial charge in [-0.3, -0.25) is 0 Å². The molecular weight excluding hydrogens is 224 g/mol. The molecule has 1 heterocycles. The lowest BCUT2D eigenvalue weighted by Crippen LogP contribution is -2.09. The first-order valence-electron chi connectivity index (χ1n) is 5.42. The van der Waals surface area contributed by atoms with Crippen molar-refractivity contribution in [1.29, 1.82) is 0 Å². The number of nitrogens with one attached hydrogen (secondary N) is 1. The van der Waals surface area contributed by atoms with E-state index in [0.29, 0.717) is 23.8 Å². The maximum absolute atomic E-state index is 11.4. The number of esters is 1. The summed E-state index contributed by atoms with van der Waals surface area (Å²) in [5.74, 6) is -0.346. The van der Waals surface area contributed by atoms with Gasteiger partial charge in [0.05, 0.1) is 6.61 Å². The van der Waals surface area contributed by atoms with E-state index in [4.69, 9.17) is 4.74 Å². The van der Waals surface area contributed by atoms with Gasteiger partial charge in [0.2, 0.25) is 0 Å². The van der Waals surface area contributed by atoms with E-state index in [2.05, 4.69) is 24.1 Å². The van der Waals surface area contributed by atoms with Gasteiger partial charge in [0.1, 0.15) is 0 Å². The zero-order chi connectivity index (χ0) is 11.8. The van der Waals surface area contributed by atoms with Crippen molar-refractivity contribution in [1.82, 2.24) is 4.98 Å². The van der Waals surface area contributed by atoms with Crippen molar-refractivity contribution in [3.63, 3.8) is 0 Å². The molecule has 5 heteroatoms. The number of anilines is 1. The Labute approximate surface area is 99.0 Å². The van der Waals surface area contributed by atoms with Crippen LogP contribution in [0.4, 0.5) is 5.13 Å². The minimum atomic E-state index is -0.346. The largest absolute Gasteiger partial charge is 0.461 e. The van der Waals surface area contributed by atoms with Gasteiger partial charge in [0.25, 0.3) is 0 Å². The number of carbonyl (C=O) groups excluding carboxylic acids is 1. The zero-order valence-corrected chi connectivity index (χ0v) is 10.6. The molecule has 0 radical (unpaired) electrons. The number of thiazole rings is 1. The molecule has 88 valence electrons. The maximum atomic E-state index is 11.4. The molecule has 1 saturated carbocycles. The van der Waals surface area contributed by atoms with Crippen LogP contribution in [0.25, 0.3) is 0 Å². The Morgan fingerprint density at radius 3 is 3.00 bits per heavy atom. The Bertz CT molecular complexity index is 400. The Hall–Kier alpha value is -1.10. The smallest absolute Gasteiger partial charge is 0.357 e. The molecular formula is C11H16N2O2S. The van der Waals surface area contributed by atoms with Gasteiger partial charge < -0.3 is 10.1 Å². The second kappa shape index (κ2) is 4.05. The quantitative estimate of drug-likeness (QED) is 0.822. The summed E-state index contributed by atoms with van der Waals surface area (Å²) >= 11 is 1.45. The van der Waals surface area contributed by atoms with Crippen LogP contribution in [0.5, 0.6) is 0 Å². The average molecular weight is 240 g/mol. The normalized spacial score (nSPS) is 21.6. The highest BCUT2D eigenvalue weighted by atomic mass is 32.1. The topological polar surface area (TPSA) is 51.2 Å². The van der Waals surface area contributed by atoms with Crippen LogP contribution in [-0.4, -0.2) is 23.6 Å². The van der Waals surface area contributed by atoms with E-state index in [-0.39, 0.29) is 5.97 Å². The molecule has 1 aromatic heterocycles. The highest BCUT2D eigenvalue weighted by molar-refractivity contribution is 7.13. The van der Waals surface area contributed by atoms with Crippen molar-refractivity contribution in [2.75, 3.05) is 11.9 Å². The number of aromatic nitrogens is 1. The Balaban J connectivity index is 1.95. The molecule has 0 amide bonds. The first kappa shape index (κ1) is 11.4. The molecule has 1 aromatic rings. The summed E-state index contributed by atoms with van der Waals surface area (Å²) in [4.78, 5) is 15.6. The first-order valence-corrected chi connectivity index (χ1v) is 6.30. The molecule has 0 aliphatic heterocycles. The van der Waals surface area contributed by atoms with E-state index < -0.39 is 0 Å². The highest BCUT2D eigenvalue weighted by Gasteiger charge is 2.46. The van der Waals surface area contributed by atoms with Crippen molar-refractivity contribution in [2.45, 2.75) is 33.2 Å². The monoisotopic (exact) mass is 240 g/mol. The van der Waals surface area contributed by atoms with Crippen LogP contribution in [0, 0.1) is 5.41 Å². The highest BCUT2D eigenvalue weighted by Crippen LogP contribution is 2.46. The van der Waals surface area contributed by atoms with Crippen LogP contribution in [0.3, 0.4) is 0 Å². The molecule has 16 heavy (non-hydrogen) atoms. The van der Waals surface area contributed by atoms with Crippen molar-refractivity contribution < 1.29 is 9.53 Å². The van der Waals surface area contributed by atoms with Crippen LogP contribution in [0.15, 0.2) is 5.38 Å². The first-order chi connectivity index (χ1) is 7.53. The number of hydrogen-bond acceptors (Lipinski definition) is 5. The van der Waals surface area contributed by atoms with Gasteiger partial charge in [-0.15, -0.1) is 11.3 Å². The van der Waals surface area contributed by atoms with Gasteiger partial charge in [0, 0.05) is 11.4 Å². The Kier molecular flexibility index (Phi) is 2.88. The van der Waals surface area contributed by atoms with Crippen molar-refractivity contribution in [2.24, 2.45) is 5.41 Å². The number of ether oxygens (including phenoxy) is 1. The lowest BCUT2D eigenvalue weighted by Gasteiger charge is -2.03. The summed E-state index contributed by atoms with van der Waals surface area (Å²) in [6.07, 6.45) is 1.15. The summed E-state index contributed by atoms with van der Waals surface area (Å²) in [5, 5.41) is 5.86. The van der Waals surface area contributed by atoms with E-state index in [0.717, 1.165) is 11.6 Å². The molecule has 1 aliphatic carbocycles. The molecule has 1 N–H and O–H groups in total. The van der Waals surface area contributed by atoms with Crippen LogP contribution in [-0.2, 0) is 4.74 Å².